The zero-order valence-corrected chi connectivity index (χ0v) is 13.7. The molecule has 0 saturated heterocycles. The lowest BCUT2D eigenvalue weighted by Crippen LogP contribution is -2.12. The molecule has 0 amide bonds. The van der Waals surface area contributed by atoms with Gasteiger partial charge in [-0.25, -0.2) is 0 Å². The van der Waals surface area contributed by atoms with Crippen molar-refractivity contribution in [3.63, 3.8) is 0 Å². The van der Waals surface area contributed by atoms with Gasteiger partial charge in [0.25, 0.3) is 0 Å². The Kier molecular flexibility index (Phi) is 11.7. The molecule has 0 rings (SSSR count). The second kappa shape index (κ2) is 11.8. The summed E-state index contributed by atoms with van der Waals surface area (Å²) < 4.78 is 15.4. The molecule has 0 aliphatic heterocycles. The molecule has 114 valence electrons. The summed E-state index contributed by atoms with van der Waals surface area (Å²) in [4.78, 5) is 15.0. The molecule has 5 nitrogen and oxygen atoms in total. The van der Waals surface area contributed by atoms with Gasteiger partial charge in [-0.3, -0.25) is 4.99 Å². The van der Waals surface area contributed by atoms with Gasteiger partial charge in [0.15, 0.2) is 0 Å². The predicted molar refractivity (Wildman–Crippen MR) is 82.1 cm³/mol. The molecule has 0 aromatic rings. The van der Waals surface area contributed by atoms with Crippen LogP contribution in [0.5, 0.6) is 0 Å². The number of unbranched alkanes of at least 4 members (excludes halogenated alkanes) is 3. The number of nitrogens with zero attached hydrogens (tertiary/aromatic N) is 1. The molecule has 0 aromatic heterocycles. The maximum absolute atomic E-state index is 10.7. The van der Waals surface area contributed by atoms with Crippen molar-refractivity contribution in [3.05, 3.63) is 0 Å². The number of aliphatic imine (C=N–C) groups is 1. The Bertz CT molecular complexity index is 295. The van der Waals surface area contributed by atoms with E-state index in [9.17, 15) is 9.46 Å². The molecule has 0 aliphatic carbocycles. The Morgan fingerprint density at radius 2 is 2.00 bits per heavy atom. The molecular weight excluding hydrogens is 283 g/mol. The summed E-state index contributed by atoms with van der Waals surface area (Å²) >= 11 is 1.82. The van der Waals surface area contributed by atoms with Gasteiger partial charge in [-0.05, 0) is 31.3 Å². The normalized spacial score (nSPS) is 15.4. The highest BCUT2D eigenvalue weighted by Gasteiger charge is 1.98. The summed E-state index contributed by atoms with van der Waals surface area (Å²) in [5.41, 5.74) is 5.78. The number of amidine groups is 1. The lowest BCUT2D eigenvalue weighted by atomic mass is 10.2. The number of nitrogens with two attached hydrogens (primary N) is 1. The van der Waals surface area contributed by atoms with E-state index in [0.717, 1.165) is 63.3 Å². The van der Waals surface area contributed by atoms with Crippen LogP contribution in [0.1, 0.15) is 38.5 Å². The van der Waals surface area contributed by atoms with Gasteiger partial charge in [0, 0.05) is 19.6 Å². The fourth-order valence-electron chi connectivity index (χ4n) is 1.50. The van der Waals surface area contributed by atoms with E-state index in [1.54, 1.807) is 0 Å². The quantitative estimate of drug-likeness (QED) is 0.258. The number of hydrogen-bond donors (Lipinski definition) is 1. The number of hydrogen-bond acceptors (Lipinski definition) is 5. The molecule has 2 N–H and O–H groups in total. The predicted octanol–water partition coefficient (Wildman–Crippen LogP) is 2.25. The van der Waals surface area contributed by atoms with Gasteiger partial charge in [-0.1, -0.05) is 12.8 Å². The molecule has 0 saturated carbocycles. The highest BCUT2D eigenvalue weighted by atomic mass is 32.2. The van der Waals surface area contributed by atoms with Gasteiger partial charge >= 0.3 is 0 Å². The second-order valence-corrected chi connectivity index (χ2v) is 7.27. The molecule has 19 heavy (non-hydrogen) atoms. The fourth-order valence-corrected chi connectivity index (χ4v) is 2.39. The Balaban J connectivity index is 3.34. The molecule has 1 atom stereocenters. The minimum Gasteiger partial charge on any atom is -0.779 e. The Morgan fingerprint density at radius 3 is 2.63 bits per heavy atom. The minimum atomic E-state index is -3.54. The van der Waals surface area contributed by atoms with Crippen LogP contribution in [-0.2, 0) is 9.09 Å². The van der Waals surface area contributed by atoms with E-state index in [1.165, 1.54) is 0 Å². The number of rotatable bonds is 12. The molecule has 0 heterocycles. The first-order chi connectivity index (χ1) is 8.95. The average molecular weight is 309 g/mol. The van der Waals surface area contributed by atoms with Gasteiger partial charge in [0.2, 0.25) is 0 Å². The molecule has 0 radical (unpaired) electrons. The van der Waals surface area contributed by atoms with E-state index >= 15 is 0 Å². The van der Waals surface area contributed by atoms with Crippen molar-refractivity contribution in [2.24, 2.45) is 10.7 Å². The minimum absolute atomic E-state index is 0.289. The summed E-state index contributed by atoms with van der Waals surface area (Å²) in [5.74, 6) is 1.87. The lowest BCUT2D eigenvalue weighted by molar-refractivity contribution is -0.196. The zero-order chi connectivity index (χ0) is 14.6. The van der Waals surface area contributed by atoms with Crippen LogP contribution in [0.15, 0.2) is 4.99 Å². The van der Waals surface area contributed by atoms with Crippen molar-refractivity contribution in [2.75, 3.05) is 31.8 Å². The first kappa shape index (κ1) is 19.0. The van der Waals surface area contributed by atoms with Crippen LogP contribution in [-0.4, -0.2) is 37.7 Å². The van der Waals surface area contributed by atoms with Crippen molar-refractivity contribution in [1.29, 1.82) is 0 Å². The van der Waals surface area contributed by atoms with Gasteiger partial charge in [-0.15, -0.1) is 0 Å². The number of thioether (sulfide) groups is 1. The standard InChI is InChI=1S/C12H27N2O3PS/c1-18(15,16)17-10-6-4-3-5-9-14-12(13)8-7-11-19-2/h3-11H2,1-2H3,(H2,13,14)(H,15,16)/p-1. The third-order valence-electron chi connectivity index (χ3n) is 2.47. The van der Waals surface area contributed by atoms with E-state index in [2.05, 4.69) is 15.8 Å². The monoisotopic (exact) mass is 309 g/mol. The van der Waals surface area contributed by atoms with Crippen molar-refractivity contribution in [3.8, 4) is 0 Å². The summed E-state index contributed by atoms with van der Waals surface area (Å²) in [5, 5.41) is 0. The molecule has 1 unspecified atom stereocenters. The lowest BCUT2D eigenvalue weighted by Gasteiger charge is -2.17. The van der Waals surface area contributed by atoms with E-state index < -0.39 is 7.60 Å². The van der Waals surface area contributed by atoms with E-state index in [4.69, 9.17) is 5.73 Å². The first-order valence-corrected chi connectivity index (χ1v) is 10.0. The third kappa shape index (κ3) is 15.9. The van der Waals surface area contributed by atoms with Crippen molar-refractivity contribution in [2.45, 2.75) is 38.5 Å². The summed E-state index contributed by atoms with van der Waals surface area (Å²) in [6.45, 7) is 2.15. The largest absolute Gasteiger partial charge is 0.779 e. The molecule has 0 aliphatic rings. The van der Waals surface area contributed by atoms with Crippen LogP contribution in [0.2, 0.25) is 0 Å². The summed E-state index contributed by atoms with van der Waals surface area (Å²) in [7, 11) is -3.54. The van der Waals surface area contributed by atoms with Crippen LogP contribution in [0, 0.1) is 0 Å². The second-order valence-electron chi connectivity index (χ2n) is 4.49. The van der Waals surface area contributed by atoms with E-state index in [-0.39, 0.29) is 6.61 Å². The molecule has 7 heteroatoms. The van der Waals surface area contributed by atoms with Crippen LogP contribution < -0.4 is 10.6 Å². The maximum atomic E-state index is 10.7. The molecular formula is C12H26N2O3PS-. The third-order valence-corrected chi connectivity index (χ3v) is 3.82. The first-order valence-electron chi connectivity index (χ1n) is 6.66. The topological polar surface area (TPSA) is 87.7 Å². The highest BCUT2D eigenvalue weighted by molar-refractivity contribution is 7.98. The van der Waals surface area contributed by atoms with E-state index in [0.29, 0.717) is 0 Å². The smallest absolute Gasteiger partial charge is 0.131 e. The van der Waals surface area contributed by atoms with Crippen LogP contribution in [0.3, 0.4) is 0 Å². The molecule has 0 aromatic carbocycles. The van der Waals surface area contributed by atoms with Crippen molar-refractivity contribution < 1.29 is 14.0 Å². The molecule has 0 spiro atoms. The van der Waals surface area contributed by atoms with Gasteiger partial charge < -0.3 is 19.7 Å². The van der Waals surface area contributed by atoms with Gasteiger partial charge in [0.05, 0.1) is 12.4 Å². The van der Waals surface area contributed by atoms with Crippen LogP contribution in [0.4, 0.5) is 0 Å². The van der Waals surface area contributed by atoms with E-state index in [1.807, 2.05) is 11.8 Å². The summed E-state index contributed by atoms with van der Waals surface area (Å²) in [6.07, 6.45) is 7.79. The highest BCUT2D eigenvalue weighted by Crippen LogP contribution is 2.30. The van der Waals surface area contributed by atoms with Crippen LogP contribution in [0.25, 0.3) is 0 Å². The Hall–Kier alpha value is -0.0300. The van der Waals surface area contributed by atoms with Crippen LogP contribution >= 0.6 is 19.4 Å². The Labute approximate surface area is 120 Å². The fraction of sp³-hybridized carbons (Fsp3) is 0.917. The van der Waals surface area contributed by atoms with Gasteiger partial charge in [0.1, 0.15) is 7.60 Å². The van der Waals surface area contributed by atoms with Crippen molar-refractivity contribution >= 4 is 25.2 Å². The SMILES string of the molecule is CSCCCC(N)=NCCCCCCOP(C)(=O)[O-]. The van der Waals surface area contributed by atoms with Gasteiger partial charge in [-0.2, -0.15) is 11.8 Å². The van der Waals surface area contributed by atoms with Crippen molar-refractivity contribution in [1.82, 2.24) is 0 Å². The summed E-state index contributed by atoms with van der Waals surface area (Å²) in [6, 6.07) is 0. The zero-order valence-electron chi connectivity index (χ0n) is 12.0. The molecule has 0 fully saturated rings. The molecule has 0 bridgehead atoms. The Morgan fingerprint density at radius 1 is 1.32 bits per heavy atom. The maximum Gasteiger partial charge on any atom is 0.131 e. The average Bonchev–Trinajstić information content (AvgIpc) is 2.31.